The third-order valence-electron chi connectivity index (χ3n) is 2.82. The molecule has 0 bridgehead atoms. The summed E-state index contributed by atoms with van der Waals surface area (Å²) in [6.45, 7) is 7.07. The van der Waals surface area contributed by atoms with Crippen molar-refractivity contribution in [3.63, 3.8) is 0 Å². The number of amides is 1. The van der Waals surface area contributed by atoms with Crippen molar-refractivity contribution in [2.24, 2.45) is 5.92 Å². The Labute approximate surface area is 95.3 Å². The minimum Gasteiger partial charge on any atom is -0.444 e. The molecule has 0 spiro atoms. The zero-order valence-corrected chi connectivity index (χ0v) is 9.97. The first kappa shape index (κ1) is 11.7. The lowest BCUT2D eigenvalue weighted by atomic mass is 10.0. The van der Waals surface area contributed by atoms with Crippen LogP contribution in [0.1, 0.15) is 20.8 Å². The van der Waals surface area contributed by atoms with Crippen LogP contribution < -0.4 is 0 Å². The summed E-state index contributed by atoms with van der Waals surface area (Å²) in [7, 11) is 0. The molecule has 0 aromatic rings. The van der Waals surface area contributed by atoms with E-state index in [0.717, 1.165) is 0 Å². The zero-order valence-electron chi connectivity index (χ0n) is 9.97. The van der Waals surface area contributed by atoms with Gasteiger partial charge in [-0.15, -0.1) is 0 Å². The van der Waals surface area contributed by atoms with E-state index in [0.29, 0.717) is 19.7 Å². The van der Waals surface area contributed by atoms with Gasteiger partial charge in [0.15, 0.2) is 0 Å². The van der Waals surface area contributed by atoms with Crippen molar-refractivity contribution < 1.29 is 19.4 Å². The van der Waals surface area contributed by atoms with Gasteiger partial charge in [-0.05, 0) is 20.8 Å². The quantitative estimate of drug-likeness (QED) is 0.669. The number of hydrogen-bond donors (Lipinski definition) is 1. The Balaban J connectivity index is 1.89. The van der Waals surface area contributed by atoms with Crippen molar-refractivity contribution in [2.75, 3.05) is 19.7 Å². The number of rotatable bonds is 1. The smallest absolute Gasteiger partial charge is 0.410 e. The Morgan fingerprint density at radius 3 is 2.56 bits per heavy atom. The van der Waals surface area contributed by atoms with Crippen LogP contribution in [0.15, 0.2) is 0 Å². The van der Waals surface area contributed by atoms with Crippen LogP contribution >= 0.6 is 0 Å². The van der Waals surface area contributed by atoms with Crippen molar-refractivity contribution in [3.05, 3.63) is 0 Å². The van der Waals surface area contributed by atoms with E-state index < -0.39 is 11.7 Å². The van der Waals surface area contributed by atoms with Crippen molar-refractivity contribution in [2.45, 2.75) is 38.6 Å². The largest absolute Gasteiger partial charge is 0.444 e. The highest BCUT2D eigenvalue weighted by molar-refractivity contribution is 5.68. The van der Waals surface area contributed by atoms with E-state index in [-0.39, 0.29) is 18.1 Å². The van der Waals surface area contributed by atoms with Gasteiger partial charge in [-0.25, -0.2) is 4.79 Å². The second kappa shape index (κ2) is 3.89. The SMILES string of the molecule is CC(C)(C)OC(=O)N1C[C@@H]([C@@H]2CO2)[C@@H](O)C1. The third kappa shape index (κ3) is 2.65. The molecule has 0 saturated carbocycles. The molecule has 2 aliphatic heterocycles. The second-order valence-corrected chi connectivity index (χ2v) is 5.49. The van der Waals surface area contributed by atoms with Gasteiger partial charge in [0.25, 0.3) is 0 Å². The predicted molar refractivity (Wildman–Crippen MR) is 57.0 cm³/mol. The molecule has 5 heteroatoms. The minimum absolute atomic E-state index is 0.0486. The van der Waals surface area contributed by atoms with Crippen LogP contribution in [0.4, 0.5) is 4.79 Å². The highest BCUT2D eigenvalue weighted by Crippen LogP contribution is 2.30. The van der Waals surface area contributed by atoms with Gasteiger partial charge in [-0.2, -0.15) is 0 Å². The summed E-state index contributed by atoms with van der Waals surface area (Å²) in [5, 5.41) is 9.79. The topological polar surface area (TPSA) is 62.3 Å². The van der Waals surface area contributed by atoms with Gasteiger partial charge in [0.1, 0.15) is 5.60 Å². The zero-order chi connectivity index (χ0) is 11.9. The number of nitrogens with zero attached hydrogens (tertiary/aromatic N) is 1. The molecule has 16 heavy (non-hydrogen) atoms. The molecule has 1 amide bonds. The molecule has 0 radical (unpaired) electrons. The number of likely N-dealkylation sites (tertiary alicyclic amines) is 1. The molecule has 0 unspecified atom stereocenters. The molecule has 2 saturated heterocycles. The molecule has 0 aromatic carbocycles. The Morgan fingerprint density at radius 1 is 1.44 bits per heavy atom. The highest BCUT2D eigenvalue weighted by Gasteiger charge is 2.45. The number of ether oxygens (including phenoxy) is 2. The van der Waals surface area contributed by atoms with Gasteiger partial charge in [0, 0.05) is 12.5 Å². The van der Waals surface area contributed by atoms with E-state index in [2.05, 4.69) is 0 Å². The molecule has 1 N–H and O–H groups in total. The summed E-state index contributed by atoms with van der Waals surface area (Å²) >= 11 is 0. The van der Waals surface area contributed by atoms with Gasteiger partial charge in [0.2, 0.25) is 0 Å². The Hall–Kier alpha value is -0.810. The van der Waals surface area contributed by atoms with E-state index in [1.165, 1.54) is 0 Å². The van der Waals surface area contributed by atoms with Crippen LogP contribution in [0, 0.1) is 5.92 Å². The van der Waals surface area contributed by atoms with Crippen LogP contribution in [0.2, 0.25) is 0 Å². The molecule has 3 atom stereocenters. The summed E-state index contributed by atoms with van der Waals surface area (Å²) in [4.78, 5) is 13.3. The summed E-state index contributed by atoms with van der Waals surface area (Å²) in [6, 6.07) is 0. The summed E-state index contributed by atoms with van der Waals surface area (Å²) in [6.07, 6.45) is -0.711. The van der Waals surface area contributed by atoms with E-state index in [9.17, 15) is 9.90 Å². The van der Waals surface area contributed by atoms with Crippen molar-refractivity contribution in [1.82, 2.24) is 4.90 Å². The van der Waals surface area contributed by atoms with Gasteiger partial charge < -0.3 is 19.5 Å². The molecule has 2 aliphatic rings. The predicted octanol–water partition coefficient (Wildman–Crippen LogP) is 0.613. The lowest BCUT2D eigenvalue weighted by Crippen LogP contribution is -2.36. The maximum Gasteiger partial charge on any atom is 0.410 e. The molecule has 2 rings (SSSR count). The van der Waals surface area contributed by atoms with Gasteiger partial charge in [-0.1, -0.05) is 0 Å². The van der Waals surface area contributed by atoms with E-state index in [4.69, 9.17) is 9.47 Å². The van der Waals surface area contributed by atoms with Crippen LogP contribution in [0.3, 0.4) is 0 Å². The molecule has 92 valence electrons. The Kier molecular flexibility index (Phi) is 2.84. The molecule has 0 aliphatic carbocycles. The highest BCUT2D eigenvalue weighted by atomic mass is 16.6. The standard InChI is InChI=1S/C11H19NO4/c1-11(2,3)16-10(14)12-4-7(8(13)5-12)9-6-15-9/h7-9,13H,4-6H2,1-3H3/t7-,8+,9+/m1/s1. The number of carbonyl (C=O) groups excluding carboxylic acids is 1. The number of β-amino-alcohol motifs (C(OH)–C–C–N with tert-alkyl or cyclic N) is 1. The fourth-order valence-corrected chi connectivity index (χ4v) is 1.96. The molecule has 5 nitrogen and oxygen atoms in total. The van der Waals surface area contributed by atoms with Crippen LogP contribution in [-0.2, 0) is 9.47 Å². The Morgan fingerprint density at radius 2 is 2.06 bits per heavy atom. The lowest BCUT2D eigenvalue weighted by molar-refractivity contribution is 0.0269. The van der Waals surface area contributed by atoms with E-state index >= 15 is 0 Å². The molecule has 0 aromatic heterocycles. The molecular weight excluding hydrogens is 210 g/mol. The first-order chi connectivity index (χ1) is 7.37. The average molecular weight is 229 g/mol. The first-order valence-electron chi connectivity index (χ1n) is 5.64. The average Bonchev–Trinajstić information content (AvgIpc) is 2.87. The summed E-state index contributed by atoms with van der Waals surface area (Å²) in [5.41, 5.74) is -0.490. The Bertz CT molecular complexity index is 282. The molecular formula is C11H19NO4. The van der Waals surface area contributed by atoms with Gasteiger partial charge in [-0.3, -0.25) is 0 Å². The number of epoxide rings is 1. The monoisotopic (exact) mass is 229 g/mol. The minimum atomic E-state index is -0.490. The summed E-state index contributed by atoms with van der Waals surface area (Å²) < 4.78 is 10.4. The molecule has 2 fully saturated rings. The van der Waals surface area contributed by atoms with Crippen molar-refractivity contribution in [3.8, 4) is 0 Å². The van der Waals surface area contributed by atoms with Gasteiger partial charge >= 0.3 is 6.09 Å². The van der Waals surface area contributed by atoms with E-state index in [1.807, 2.05) is 20.8 Å². The number of aliphatic hydroxyl groups excluding tert-OH is 1. The normalized spacial score (nSPS) is 34.0. The fraction of sp³-hybridized carbons (Fsp3) is 0.909. The third-order valence-corrected chi connectivity index (χ3v) is 2.82. The van der Waals surface area contributed by atoms with E-state index in [1.54, 1.807) is 4.90 Å². The fourth-order valence-electron chi connectivity index (χ4n) is 1.96. The number of hydrogen-bond acceptors (Lipinski definition) is 4. The van der Waals surface area contributed by atoms with Gasteiger partial charge in [0.05, 0.1) is 25.4 Å². The lowest BCUT2D eigenvalue weighted by Gasteiger charge is -2.24. The second-order valence-electron chi connectivity index (χ2n) is 5.49. The molecule has 2 heterocycles. The van der Waals surface area contributed by atoms with Crippen molar-refractivity contribution >= 4 is 6.09 Å². The van der Waals surface area contributed by atoms with Crippen LogP contribution in [0.25, 0.3) is 0 Å². The summed E-state index contributed by atoms with van der Waals surface area (Å²) in [5.74, 6) is 0.0486. The van der Waals surface area contributed by atoms with Crippen molar-refractivity contribution in [1.29, 1.82) is 0 Å². The maximum absolute atomic E-state index is 11.7. The maximum atomic E-state index is 11.7. The number of carbonyl (C=O) groups is 1. The van der Waals surface area contributed by atoms with Crippen LogP contribution in [-0.4, -0.2) is 53.6 Å². The first-order valence-corrected chi connectivity index (χ1v) is 5.64. The van der Waals surface area contributed by atoms with Crippen LogP contribution in [0.5, 0.6) is 0 Å². The number of aliphatic hydroxyl groups is 1.